The molecule has 0 saturated carbocycles. The smallest absolute Gasteiger partial charge is 0.153 e. The molecule has 1 aliphatic rings. The van der Waals surface area contributed by atoms with Crippen molar-refractivity contribution in [1.29, 1.82) is 0 Å². The van der Waals surface area contributed by atoms with Gasteiger partial charge in [-0.15, -0.1) is 0 Å². The number of carbonyl (C=O) groups excluding carboxylic acids is 1. The molecule has 0 radical (unpaired) electrons. The van der Waals surface area contributed by atoms with E-state index in [1.807, 2.05) is 6.07 Å². The molecule has 1 aromatic carbocycles. The van der Waals surface area contributed by atoms with Crippen LogP contribution in [0.5, 0.6) is 5.75 Å². The molecular formula is C10H9BrO3. The predicted octanol–water partition coefficient (Wildman–Crippen LogP) is 2.04. The van der Waals surface area contributed by atoms with Gasteiger partial charge in [0.25, 0.3) is 0 Å². The van der Waals surface area contributed by atoms with Crippen molar-refractivity contribution in [3.05, 3.63) is 28.2 Å². The molecule has 3 nitrogen and oxygen atoms in total. The summed E-state index contributed by atoms with van der Waals surface area (Å²) in [5.74, 6) is 0.622. The van der Waals surface area contributed by atoms with Crippen LogP contribution >= 0.6 is 15.9 Å². The van der Waals surface area contributed by atoms with Crippen molar-refractivity contribution in [3.63, 3.8) is 0 Å². The normalized spacial score (nSPS) is 16.1. The number of halogens is 1. The Labute approximate surface area is 90.1 Å². The monoisotopic (exact) mass is 256 g/mol. The van der Waals surface area contributed by atoms with Gasteiger partial charge in [-0.3, -0.25) is 4.79 Å². The molecule has 0 bridgehead atoms. The molecule has 0 N–H and O–H groups in total. The Hall–Kier alpha value is -0.870. The maximum Gasteiger partial charge on any atom is 0.153 e. The molecule has 4 heteroatoms. The number of benzene rings is 1. The van der Waals surface area contributed by atoms with E-state index in [-0.39, 0.29) is 6.10 Å². The van der Waals surface area contributed by atoms with Crippen LogP contribution in [0.15, 0.2) is 22.7 Å². The van der Waals surface area contributed by atoms with Gasteiger partial charge < -0.3 is 9.47 Å². The van der Waals surface area contributed by atoms with Crippen molar-refractivity contribution in [2.45, 2.75) is 6.10 Å². The average Bonchev–Trinajstić information content (AvgIpc) is 2.13. The largest absolute Gasteiger partial charge is 0.485 e. The van der Waals surface area contributed by atoms with Gasteiger partial charge in [0.1, 0.15) is 11.9 Å². The van der Waals surface area contributed by atoms with Crippen LogP contribution in [0.4, 0.5) is 0 Å². The fourth-order valence-corrected chi connectivity index (χ4v) is 1.56. The van der Waals surface area contributed by atoms with Gasteiger partial charge in [-0.05, 0) is 18.2 Å². The minimum absolute atomic E-state index is 0.0925. The third-order valence-electron chi connectivity index (χ3n) is 2.00. The van der Waals surface area contributed by atoms with E-state index >= 15 is 0 Å². The first-order valence-electron chi connectivity index (χ1n) is 4.29. The number of hydrogen-bond acceptors (Lipinski definition) is 3. The van der Waals surface area contributed by atoms with Crippen LogP contribution in [0, 0.1) is 0 Å². The molecule has 0 aromatic heterocycles. The molecule has 1 heterocycles. The summed E-state index contributed by atoms with van der Waals surface area (Å²) in [6.07, 6.45) is 0.884. The van der Waals surface area contributed by atoms with Crippen LogP contribution in [0.25, 0.3) is 0 Å². The minimum atomic E-state index is 0.0925. The molecule has 0 aliphatic carbocycles. The van der Waals surface area contributed by atoms with Gasteiger partial charge in [0.2, 0.25) is 0 Å². The average molecular weight is 257 g/mol. The van der Waals surface area contributed by atoms with Crippen molar-refractivity contribution in [2.24, 2.45) is 0 Å². The SMILES string of the molecule is O=Cc1cc(Br)ccc1OC1COC1. The molecule has 1 aliphatic heterocycles. The van der Waals surface area contributed by atoms with Crippen molar-refractivity contribution < 1.29 is 14.3 Å². The van der Waals surface area contributed by atoms with Gasteiger partial charge >= 0.3 is 0 Å². The van der Waals surface area contributed by atoms with Gasteiger partial charge in [0.15, 0.2) is 6.29 Å². The summed E-state index contributed by atoms with van der Waals surface area (Å²) in [5, 5.41) is 0. The first kappa shape index (κ1) is 9.68. The highest BCUT2D eigenvalue weighted by molar-refractivity contribution is 9.10. The van der Waals surface area contributed by atoms with Crippen molar-refractivity contribution in [3.8, 4) is 5.75 Å². The first-order chi connectivity index (χ1) is 6.79. The van der Waals surface area contributed by atoms with E-state index in [1.54, 1.807) is 12.1 Å². The molecule has 1 fully saturated rings. The summed E-state index contributed by atoms with van der Waals surface area (Å²) >= 11 is 3.30. The lowest BCUT2D eigenvalue weighted by Crippen LogP contribution is -2.38. The molecule has 2 rings (SSSR count). The highest BCUT2D eigenvalue weighted by Crippen LogP contribution is 2.23. The summed E-state index contributed by atoms with van der Waals surface area (Å²) < 4.78 is 11.4. The van der Waals surface area contributed by atoms with Crippen LogP contribution in [0.2, 0.25) is 0 Å². The van der Waals surface area contributed by atoms with Gasteiger partial charge in [-0.25, -0.2) is 0 Å². The summed E-state index contributed by atoms with van der Waals surface area (Å²) in [5.41, 5.74) is 0.561. The zero-order valence-electron chi connectivity index (χ0n) is 7.40. The highest BCUT2D eigenvalue weighted by Gasteiger charge is 2.21. The van der Waals surface area contributed by atoms with Crippen LogP contribution in [0.3, 0.4) is 0 Å². The van der Waals surface area contributed by atoms with Crippen molar-refractivity contribution >= 4 is 22.2 Å². The highest BCUT2D eigenvalue weighted by atomic mass is 79.9. The Morgan fingerprint density at radius 3 is 2.86 bits per heavy atom. The molecule has 14 heavy (non-hydrogen) atoms. The molecule has 74 valence electrons. The zero-order valence-corrected chi connectivity index (χ0v) is 8.99. The fraction of sp³-hybridized carbons (Fsp3) is 0.300. The topological polar surface area (TPSA) is 35.5 Å². The summed E-state index contributed by atoms with van der Waals surface area (Å²) in [7, 11) is 0. The van der Waals surface area contributed by atoms with Crippen LogP contribution < -0.4 is 4.74 Å². The number of ether oxygens (including phenoxy) is 2. The zero-order chi connectivity index (χ0) is 9.97. The Balaban J connectivity index is 2.18. The van der Waals surface area contributed by atoms with Crippen molar-refractivity contribution in [1.82, 2.24) is 0 Å². The third-order valence-corrected chi connectivity index (χ3v) is 2.49. The first-order valence-corrected chi connectivity index (χ1v) is 5.08. The van der Waals surface area contributed by atoms with E-state index in [1.165, 1.54) is 0 Å². The van der Waals surface area contributed by atoms with Gasteiger partial charge in [0, 0.05) is 4.47 Å². The molecule has 1 aromatic rings. The van der Waals surface area contributed by atoms with Gasteiger partial charge in [0.05, 0.1) is 18.8 Å². The van der Waals surface area contributed by atoms with Crippen LogP contribution in [-0.4, -0.2) is 25.6 Å². The van der Waals surface area contributed by atoms with Crippen LogP contribution in [-0.2, 0) is 4.74 Å². The number of hydrogen-bond donors (Lipinski definition) is 0. The van der Waals surface area contributed by atoms with Gasteiger partial charge in [-0.2, -0.15) is 0 Å². The molecule has 0 atom stereocenters. The number of rotatable bonds is 3. The molecule has 0 spiro atoms. The second kappa shape index (κ2) is 4.11. The van der Waals surface area contributed by atoms with E-state index in [0.717, 1.165) is 10.8 Å². The Morgan fingerprint density at radius 2 is 2.29 bits per heavy atom. The minimum Gasteiger partial charge on any atom is -0.485 e. The standard InChI is InChI=1S/C10H9BrO3/c11-8-1-2-10(7(3-8)4-12)14-9-5-13-6-9/h1-4,9H,5-6H2. The van der Waals surface area contributed by atoms with E-state index in [9.17, 15) is 4.79 Å². The predicted molar refractivity (Wildman–Crippen MR) is 54.8 cm³/mol. The fourth-order valence-electron chi connectivity index (χ4n) is 1.18. The van der Waals surface area contributed by atoms with E-state index in [2.05, 4.69) is 15.9 Å². The Kier molecular flexibility index (Phi) is 2.84. The van der Waals surface area contributed by atoms with Crippen molar-refractivity contribution in [2.75, 3.05) is 13.2 Å². The summed E-state index contributed by atoms with van der Waals surface area (Å²) in [6, 6.07) is 5.37. The molecule has 0 amide bonds. The summed E-state index contributed by atoms with van der Waals surface area (Å²) in [6.45, 7) is 1.21. The maximum atomic E-state index is 10.7. The Morgan fingerprint density at radius 1 is 1.50 bits per heavy atom. The van der Waals surface area contributed by atoms with Crippen LogP contribution in [0.1, 0.15) is 10.4 Å². The van der Waals surface area contributed by atoms with E-state index in [4.69, 9.17) is 9.47 Å². The quantitative estimate of drug-likeness (QED) is 0.777. The third kappa shape index (κ3) is 1.96. The second-order valence-electron chi connectivity index (χ2n) is 3.08. The lowest BCUT2D eigenvalue weighted by Gasteiger charge is -2.27. The molecular weight excluding hydrogens is 248 g/mol. The second-order valence-corrected chi connectivity index (χ2v) is 3.99. The van der Waals surface area contributed by atoms with E-state index < -0.39 is 0 Å². The molecule has 0 unspecified atom stereocenters. The Bertz CT molecular complexity index is 347. The van der Waals surface area contributed by atoms with E-state index in [0.29, 0.717) is 24.5 Å². The maximum absolute atomic E-state index is 10.7. The molecule has 1 saturated heterocycles. The number of carbonyl (C=O) groups is 1. The number of aldehydes is 1. The lowest BCUT2D eigenvalue weighted by atomic mass is 10.2. The lowest BCUT2D eigenvalue weighted by molar-refractivity contribution is -0.0798. The van der Waals surface area contributed by atoms with Gasteiger partial charge in [-0.1, -0.05) is 15.9 Å². The summed E-state index contributed by atoms with van der Waals surface area (Å²) in [4.78, 5) is 10.7.